The van der Waals surface area contributed by atoms with E-state index in [-0.39, 0.29) is 5.91 Å². The zero-order chi connectivity index (χ0) is 17.0. The number of rotatable bonds is 17. The number of unbranched alkanes of at least 4 members (excludes halogenated alkanes) is 10. The lowest BCUT2D eigenvalue weighted by Gasteiger charge is -2.04. The van der Waals surface area contributed by atoms with Gasteiger partial charge in [-0.25, -0.2) is 0 Å². The van der Waals surface area contributed by atoms with Crippen molar-refractivity contribution < 1.29 is 4.79 Å². The molecule has 0 aliphatic heterocycles. The van der Waals surface area contributed by atoms with E-state index in [0.717, 1.165) is 25.8 Å². The lowest BCUT2D eigenvalue weighted by molar-refractivity contribution is -0.121. The maximum atomic E-state index is 11.6. The highest BCUT2D eigenvalue weighted by molar-refractivity contribution is 5.75. The molecular weight excluding hydrogens is 284 g/mol. The Balaban J connectivity index is 3.17. The summed E-state index contributed by atoms with van der Waals surface area (Å²) in [6.07, 6.45) is 21.3. The fourth-order valence-corrected chi connectivity index (χ4v) is 2.59. The van der Waals surface area contributed by atoms with Crippen LogP contribution in [0.15, 0.2) is 12.2 Å². The van der Waals surface area contributed by atoms with Gasteiger partial charge in [-0.2, -0.15) is 0 Å². The van der Waals surface area contributed by atoms with E-state index in [1.54, 1.807) is 0 Å². The summed E-state index contributed by atoms with van der Waals surface area (Å²) in [7, 11) is 0. The third-order valence-corrected chi connectivity index (χ3v) is 4.12. The lowest BCUT2D eigenvalue weighted by Crippen LogP contribution is -2.24. The maximum absolute atomic E-state index is 11.6. The molecule has 0 spiro atoms. The molecule has 0 bridgehead atoms. The van der Waals surface area contributed by atoms with Crippen molar-refractivity contribution in [1.29, 1.82) is 0 Å². The van der Waals surface area contributed by atoms with Crippen LogP contribution in [0.25, 0.3) is 0 Å². The van der Waals surface area contributed by atoms with Crippen molar-refractivity contribution in [2.75, 3.05) is 13.1 Å². The molecule has 0 aliphatic rings. The van der Waals surface area contributed by atoms with E-state index in [1.165, 1.54) is 64.2 Å². The van der Waals surface area contributed by atoms with Crippen molar-refractivity contribution in [3.63, 3.8) is 0 Å². The van der Waals surface area contributed by atoms with Crippen molar-refractivity contribution >= 4 is 5.91 Å². The van der Waals surface area contributed by atoms with Gasteiger partial charge in [0, 0.05) is 13.0 Å². The van der Waals surface area contributed by atoms with Gasteiger partial charge in [0.05, 0.1) is 0 Å². The van der Waals surface area contributed by atoms with Gasteiger partial charge in [-0.3, -0.25) is 4.79 Å². The van der Waals surface area contributed by atoms with E-state index in [2.05, 4.69) is 24.4 Å². The van der Waals surface area contributed by atoms with E-state index in [4.69, 9.17) is 5.73 Å². The zero-order valence-electron chi connectivity index (χ0n) is 15.5. The van der Waals surface area contributed by atoms with E-state index >= 15 is 0 Å². The van der Waals surface area contributed by atoms with Crippen molar-refractivity contribution in [1.82, 2.24) is 5.32 Å². The SMILES string of the molecule is CCCCCC/C=C\CCCCCCCC(=O)NCCCCN. The predicted octanol–water partition coefficient (Wildman–Crippen LogP) is 5.10. The van der Waals surface area contributed by atoms with Crippen molar-refractivity contribution in [2.24, 2.45) is 5.73 Å². The Morgan fingerprint density at radius 3 is 2.09 bits per heavy atom. The van der Waals surface area contributed by atoms with E-state index < -0.39 is 0 Å². The Bertz CT molecular complexity index is 277. The van der Waals surface area contributed by atoms with Gasteiger partial charge in [0.25, 0.3) is 0 Å². The van der Waals surface area contributed by atoms with Crippen LogP contribution in [-0.4, -0.2) is 19.0 Å². The topological polar surface area (TPSA) is 55.1 Å². The van der Waals surface area contributed by atoms with Crippen molar-refractivity contribution in [3.8, 4) is 0 Å². The Kier molecular flexibility index (Phi) is 18.5. The highest BCUT2D eigenvalue weighted by Gasteiger charge is 1.99. The number of amides is 1. The zero-order valence-corrected chi connectivity index (χ0v) is 15.5. The number of hydrogen-bond donors (Lipinski definition) is 2. The summed E-state index contributed by atoms with van der Waals surface area (Å²) in [5, 5.41) is 2.96. The van der Waals surface area contributed by atoms with E-state index in [9.17, 15) is 4.79 Å². The molecule has 0 aromatic carbocycles. The van der Waals surface area contributed by atoms with Crippen molar-refractivity contribution in [3.05, 3.63) is 12.2 Å². The van der Waals surface area contributed by atoms with Gasteiger partial charge in [-0.05, 0) is 51.5 Å². The number of nitrogens with two attached hydrogens (primary N) is 1. The molecule has 136 valence electrons. The largest absolute Gasteiger partial charge is 0.356 e. The molecule has 1 amide bonds. The molecule has 0 saturated carbocycles. The van der Waals surface area contributed by atoms with Gasteiger partial charge in [-0.15, -0.1) is 0 Å². The van der Waals surface area contributed by atoms with Gasteiger partial charge >= 0.3 is 0 Å². The van der Waals surface area contributed by atoms with Gasteiger partial charge in [0.2, 0.25) is 5.91 Å². The smallest absolute Gasteiger partial charge is 0.219 e. The minimum absolute atomic E-state index is 0.202. The lowest BCUT2D eigenvalue weighted by atomic mass is 10.1. The Morgan fingerprint density at radius 1 is 0.826 bits per heavy atom. The maximum Gasteiger partial charge on any atom is 0.219 e. The predicted molar refractivity (Wildman–Crippen MR) is 102 cm³/mol. The minimum Gasteiger partial charge on any atom is -0.356 e. The normalized spacial score (nSPS) is 11.2. The first-order valence-corrected chi connectivity index (χ1v) is 9.93. The molecule has 0 aliphatic carbocycles. The molecule has 0 saturated heterocycles. The summed E-state index contributed by atoms with van der Waals surface area (Å²) >= 11 is 0. The van der Waals surface area contributed by atoms with Crippen LogP contribution in [0.1, 0.15) is 96.8 Å². The first-order valence-electron chi connectivity index (χ1n) is 9.93. The molecule has 3 heteroatoms. The Morgan fingerprint density at radius 2 is 1.43 bits per heavy atom. The molecule has 3 N–H and O–H groups in total. The second kappa shape index (κ2) is 19.2. The first kappa shape index (κ1) is 22.2. The van der Waals surface area contributed by atoms with E-state index in [0.29, 0.717) is 13.0 Å². The van der Waals surface area contributed by atoms with Gasteiger partial charge in [-0.1, -0.05) is 57.6 Å². The van der Waals surface area contributed by atoms with Gasteiger partial charge < -0.3 is 11.1 Å². The molecule has 0 aromatic heterocycles. The average Bonchev–Trinajstić information content (AvgIpc) is 2.56. The average molecular weight is 325 g/mol. The summed E-state index contributed by atoms with van der Waals surface area (Å²) in [6.45, 7) is 3.75. The van der Waals surface area contributed by atoms with Crippen LogP contribution in [0.2, 0.25) is 0 Å². The second-order valence-corrected chi connectivity index (χ2v) is 6.47. The molecular formula is C20H40N2O. The number of carbonyl (C=O) groups is 1. The van der Waals surface area contributed by atoms with Crippen LogP contribution < -0.4 is 11.1 Å². The highest BCUT2D eigenvalue weighted by Crippen LogP contribution is 2.08. The van der Waals surface area contributed by atoms with Crippen LogP contribution in [0, 0.1) is 0 Å². The number of hydrogen-bond acceptors (Lipinski definition) is 2. The Hall–Kier alpha value is -0.830. The summed E-state index contributed by atoms with van der Waals surface area (Å²) < 4.78 is 0. The fraction of sp³-hybridized carbons (Fsp3) is 0.850. The molecule has 0 radical (unpaired) electrons. The molecule has 0 atom stereocenters. The van der Waals surface area contributed by atoms with Crippen LogP contribution >= 0.6 is 0 Å². The number of carbonyl (C=O) groups excluding carboxylic acids is 1. The standard InChI is InChI=1S/C20H40N2O/c1-2-3-4-5-6-7-8-9-10-11-12-13-14-17-20(23)22-19-16-15-18-21/h7-8H,2-6,9-19,21H2,1H3,(H,22,23)/b8-7-. The van der Waals surface area contributed by atoms with Crippen LogP contribution in [0.3, 0.4) is 0 Å². The first-order chi connectivity index (χ1) is 11.3. The third kappa shape index (κ3) is 19.1. The molecule has 23 heavy (non-hydrogen) atoms. The molecule has 0 unspecified atom stereocenters. The van der Waals surface area contributed by atoms with Crippen LogP contribution in [-0.2, 0) is 4.79 Å². The van der Waals surface area contributed by atoms with Crippen LogP contribution in [0.4, 0.5) is 0 Å². The molecule has 3 nitrogen and oxygen atoms in total. The quantitative estimate of drug-likeness (QED) is 0.289. The highest BCUT2D eigenvalue weighted by atomic mass is 16.1. The second-order valence-electron chi connectivity index (χ2n) is 6.47. The Labute approximate surface area is 144 Å². The molecule has 0 fully saturated rings. The van der Waals surface area contributed by atoms with E-state index in [1.807, 2.05) is 0 Å². The molecule has 0 heterocycles. The summed E-state index contributed by atoms with van der Waals surface area (Å²) in [6, 6.07) is 0. The van der Waals surface area contributed by atoms with Crippen molar-refractivity contribution in [2.45, 2.75) is 96.8 Å². The van der Waals surface area contributed by atoms with Gasteiger partial charge in [0.15, 0.2) is 0 Å². The van der Waals surface area contributed by atoms with Crippen LogP contribution in [0.5, 0.6) is 0 Å². The molecule has 0 aromatic rings. The summed E-state index contributed by atoms with van der Waals surface area (Å²) in [5.41, 5.74) is 5.42. The summed E-state index contributed by atoms with van der Waals surface area (Å²) in [4.78, 5) is 11.6. The number of allylic oxidation sites excluding steroid dienone is 2. The fourth-order valence-electron chi connectivity index (χ4n) is 2.59. The monoisotopic (exact) mass is 324 g/mol. The molecule has 0 rings (SSSR count). The number of nitrogens with one attached hydrogen (secondary N) is 1. The third-order valence-electron chi connectivity index (χ3n) is 4.12. The van der Waals surface area contributed by atoms with Gasteiger partial charge in [0.1, 0.15) is 0 Å². The summed E-state index contributed by atoms with van der Waals surface area (Å²) in [5.74, 6) is 0.202. The minimum atomic E-state index is 0.202.